The van der Waals surface area contributed by atoms with Crippen molar-refractivity contribution in [3.05, 3.63) is 70.8 Å². The van der Waals surface area contributed by atoms with Crippen LogP contribution in [0.1, 0.15) is 65.6 Å². The number of hydrogen-bond acceptors (Lipinski definition) is 3. The van der Waals surface area contributed by atoms with Gasteiger partial charge in [-0.05, 0) is 42.5 Å². The van der Waals surface area contributed by atoms with E-state index in [9.17, 15) is 14.4 Å². The highest BCUT2D eigenvalue weighted by Gasteiger charge is 2.44. The van der Waals surface area contributed by atoms with Crippen LogP contribution in [0.5, 0.6) is 0 Å². The van der Waals surface area contributed by atoms with Gasteiger partial charge in [0.25, 0.3) is 11.8 Å². The molecule has 3 amide bonds. The monoisotopic (exact) mass is 378 g/mol. The Morgan fingerprint density at radius 2 is 1.46 bits per heavy atom. The maximum atomic E-state index is 13.1. The molecule has 2 aromatic carbocycles. The van der Waals surface area contributed by atoms with Gasteiger partial charge in [0.05, 0.1) is 17.2 Å². The number of imide groups is 1. The SMILES string of the molecule is CCc1ccc(C(C)NC(=O)C(C(C)C)N2C(=O)c3ccccc3C2=O)cc1. The third-order valence-electron chi connectivity index (χ3n) is 5.25. The first-order chi connectivity index (χ1) is 13.3. The minimum atomic E-state index is -0.857. The fourth-order valence-electron chi connectivity index (χ4n) is 3.60. The number of hydrogen-bond donors (Lipinski definition) is 1. The van der Waals surface area contributed by atoms with Gasteiger partial charge in [0.2, 0.25) is 5.91 Å². The highest BCUT2D eigenvalue weighted by atomic mass is 16.2. The molecule has 2 aromatic rings. The fourth-order valence-corrected chi connectivity index (χ4v) is 3.60. The molecule has 1 aliphatic rings. The van der Waals surface area contributed by atoms with Crippen LogP contribution in [0, 0.1) is 5.92 Å². The lowest BCUT2D eigenvalue weighted by atomic mass is 10.00. The van der Waals surface area contributed by atoms with Crippen LogP contribution < -0.4 is 5.32 Å². The summed E-state index contributed by atoms with van der Waals surface area (Å²) in [5.41, 5.74) is 2.92. The summed E-state index contributed by atoms with van der Waals surface area (Å²) < 4.78 is 0. The van der Waals surface area contributed by atoms with Gasteiger partial charge in [-0.15, -0.1) is 0 Å². The molecule has 2 atom stereocenters. The van der Waals surface area contributed by atoms with Crippen LogP contribution in [-0.2, 0) is 11.2 Å². The average molecular weight is 378 g/mol. The maximum absolute atomic E-state index is 13.1. The average Bonchev–Trinajstić information content (AvgIpc) is 2.93. The highest BCUT2D eigenvalue weighted by Crippen LogP contribution is 2.27. The molecule has 2 unspecified atom stereocenters. The molecule has 28 heavy (non-hydrogen) atoms. The second-order valence-corrected chi connectivity index (χ2v) is 7.54. The normalized spacial score (nSPS) is 15.5. The molecule has 0 aromatic heterocycles. The number of fused-ring (bicyclic) bond motifs is 1. The Balaban J connectivity index is 1.81. The molecule has 5 nitrogen and oxygen atoms in total. The molecule has 5 heteroatoms. The van der Waals surface area contributed by atoms with Gasteiger partial charge in [0.15, 0.2) is 0 Å². The lowest BCUT2D eigenvalue weighted by Gasteiger charge is -2.29. The van der Waals surface area contributed by atoms with Crippen LogP contribution in [0.2, 0.25) is 0 Å². The van der Waals surface area contributed by atoms with Crippen molar-refractivity contribution in [2.24, 2.45) is 5.92 Å². The zero-order chi connectivity index (χ0) is 20.4. The number of benzene rings is 2. The van der Waals surface area contributed by atoms with Gasteiger partial charge in [0.1, 0.15) is 6.04 Å². The Hall–Kier alpha value is -2.95. The Labute approximate surface area is 165 Å². The lowest BCUT2D eigenvalue weighted by Crippen LogP contribution is -2.52. The number of carbonyl (C=O) groups excluding carboxylic acids is 3. The Kier molecular flexibility index (Phi) is 5.63. The van der Waals surface area contributed by atoms with Crippen molar-refractivity contribution in [3.63, 3.8) is 0 Å². The summed E-state index contributed by atoms with van der Waals surface area (Å²) in [6.45, 7) is 7.68. The first kappa shape index (κ1) is 19.8. The molecule has 3 rings (SSSR count). The van der Waals surface area contributed by atoms with Gasteiger partial charge < -0.3 is 5.32 Å². The fraction of sp³-hybridized carbons (Fsp3) is 0.348. The van der Waals surface area contributed by atoms with E-state index < -0.39 is 17.9 Å². The summed E-state index contributed by atoms with van der Waals surface area (Å²) >= 11 is 0. The molecule has 0 aliphatic carbocycles. The molecule has 0 bridgehead atoms. The molecule has 0 saturated carbocycles. The van der Waals surface area contributed by atoms with Crippen molar-refractivity contribution in [2.75, 3.05) is 0 Å². The summed E-state index contributed by atoms with van der Waals surface area (Å²) in [7, 11) is 0. The molecular formula is C23H26N2O3. The van der Waals surface area contributed by atoms with Crippen molar-refractivity contribution in [3.8, 4) is 0 Å². The number of carbonyl (C=O) groups is 3. The zero-order valence-electron chi connectivity index (χ0n) is 16.7. The zero-order valence-corrected chi connectivity index (χ0v) is 16.7. The molecule has 1 N–H and O–H groups in total. The van der Waals surface area contributed by atoms with E-state index in [1.807, 2.05) is 45.0 Å². The van der Waals surface area contributed by atoms with E-state index in [1.54, 1.807) is 24.3 Å². The van der Waals surface area contributed by atoms with E-state index in [1.165, 1.54) is 5.56 Å². The van der Waals surface area contributed by atoms with E-state index >= 15 is 0 Å². The maximum Gasteiger partial charge on any atom is 0.262 e. The summed E-state index contributed by atoms with van der Waals surface area (Å²) in [5, 5.41) is 2.97. The quantitative estimate of drug-likeness (QED) is 0.779. The predicted octanol–water partition coefficient (Wildman–Crippen LogP) is 3.75. The van der Waals surface area contributed by atoms with Gasteiger partial charge in [0, 0.05) is 0 Å². The second kappa shape index (κ2) is 7.97. The Morgan fingerprint density at radius 1 is 0.929 bits per heavy atom. The molecule has 0 fully saturated rings. The number of amides is 3. The third kappa shape index (κ3) is 3.57. The number of aryl methyl sites for hydroxylation is 1. The molecule has 1 heterocycles. The summed E-state index contributed by atoms with van der Waals surface area (Å²) in [6, 6.07) is 13.7. The van der Waals surface area contributed by atoms with Crippen LogP contribution in [-0.4, -0.2) is 28.7 Å². The molecular weight excluding hydrogens is 352 g/mol. The van der Waals surface area contributed by atoms with Crippen molar-refractivity contribution in [1.82, 2.24) is 10.2 Å². The van der Waals surface area contributed by atoms with Gasteiger partial charge in [-0.25, -0.2) is 0 Å². The first-order valence-electron chi connectivity index (χ1n) is 9.71. The summed E-state index contributed by atoms with van der Waals surface area (Å²) in [4.78, 5) is 39.8. The second-order valence-electron chi connectivity index (χ2n) is 7.54. The minimum Gasteiger partial charge on any atom is -0.348 e. The number of rotatable bonds is 6. The van der Waals surface area contributed by atoms with Gasteiger partial charge >= 0.3 is 0 Å². The minimum absolute atomic E-state index is 0.211. The van der Waals surface area contributed by atoms with Crippen LogP contribution in [0.3, 0.4) is 0 Å². The molecule has 146 valence electrons. The van der Waals surface area contributed by atoms with Crippen LogP contribution in [0.4, 0.5) is 0 Å². The van der Waals surface area contributed by atoms with Crippen molar-refractivity contribution in [2.45, 2.75) is 46.2 Å². The standard InChI is InChI=1S/C23H26N2O3/c1-5-16-10-12-17(13-11-16)15(4)24-21(26)20(14(2)3)25-22(27)18-8-6-7-9-19(18)23(25)28/h6-15,20H,5H2,1-4H3,(H,24,26). The van der Waals surface area contributed by atoms with Gasteiger partial charge in [-0.2, -0.15) is 0 Å². The Bertz CT molecular complexity index is 867. The molecule has 0 spiro atoms. The highest BCUT2D eigenvalue weighted by molar-refractivity contribution is 6.22. The van der Waals surface area contributed by atoms with E-state index in [0.717, 1.165) is 16.9 Å². The summed E-state index contributed by atoms with van der Waals surface area (Å²) in [6.07, 6.45) is 0.955. The van der Waals surface area contributed by atoms with E-state index in [0.29, 0.717) is 11.1 Å². The van der Waals surface area contributed by atoms with Crippen LogP contribution in [0.15, 0.2) is 48.5 Å². The number of nitrogens with zero attached hydrogens (tertiary/aromatic N) is 1. The van der Waals surface area contributed by atoms with Gasteiger partial charge in [-0.3, -0.25) is 19.3 Å². The third-order valence-corrected chi connectivity index (χ3v) is 5.25. The van der Waals surface area contributed by atoms with E-state index in [2.05, 4.69) is 12.2 Å². The van der Waals surface area contributed by atoms with E-state index in [4.69, 9.17) is 0 Å². The van der Waals surface area contributed by atoms with Gasteiger partial charge in [-0.1, -0.05) is 57.2 Å². The van der Waals surface area contributed by atoms with Crippen molar-refractivity contribution >= 4 is 17.7 Å². The lowest BCUT2D eigenvalue weighted by molar-refractivity contribution is -0.127. The smallest absolute Gasteiger partial charge is 0.262 e. The largest absolute Gasteiger partial charge is 0.348 e. The molecule has 0 radical (unpaired) electrons. The molecule has 0 saturated heterocycles. The first-order valence-corrected chi connectivity index (χ1v) is 9.71. The van der Waals surface area contributed by atoms with Crippen LogP contribution in [0.25, 0.3) is 0 Å². The van der Waals surface area contributed by atoms with Crippen molar-refractivity contribution in [1.29, 1.82) is 0 Å². The predicted molar refractivity (Wildman–Crippen MR) is 108 cm³/mol. The number of nitrogens with one attached hydrogen (secondary N) is 1. The van der Waals surface area contributed by atoms with E-state index in [-0.39, 0.29) is 17.9 Å². The summed E-state index contributed by atoms with van der Waals surface area (Å²) in [5.74, 6) is -1.35. The van der Waals surface area contributed by atoms with Crippen LogP contribution >= 0.6 is 0 Å². The molecule has 1 aliphatic heterocycles. The Morgan fingerprint density at radius 3 is 1.93 bits per heavy atom. The van der Waals surface area contributed by atoms with Crippen molar-refractivity contribution < 1.29 is 14.4 Å². The topological polar surface area (TPSA) is 66.5 Å².